The molecule has 0 radical (unpaired) electrons. The lowest BCUT2D eigenvalue weighted by atomic mass is 10.2. The lowest BCUT2D eigenvalue weighted by molar-refractivity contribution is 0.463. The van der Waals surface area contributed by atoms with E-state index in [0.29, 0.717) is 0 Å². The van der Waals surface area contributed by atoms with Crippen LogP contribution in [0.4, 0.5) is 21.8 Å². The number of aromatic hydroxyl groups is 1. The summed E-state index contributed by atoms with van der Waals surface area (Å²) >= 11 is 0. The van der Waals surface area contributed by atoms with Crippen molar-refractivity contribution < 1.29 is 9.50 Å². The minimum Gasteiger partial charge on any atom is -0.506 e. The van der Waals surface area contributed by atoms with Gasteiger partial charge in [-0.25, -0.2) is 14.2 Å². The normalized spacial score (nSPS) is 10.4. The SMILES string of the molecule is CNc1nc(Nc2cc(-n3nnn(C)c3=O)c(O)cc2F)ncc1C#N. The molecule has 3 N–H and O–H groups in total. The molecule has 11 nitrogen and oxygen atoms in total. The summed E-state index contributed by atoms with van der Waals surface area (Å²) in [6.07, 6.45) is 1.27. The van der Waals surface area contributed by atoms with Crippen LogP contribution in [0.2, 0.25) is 0 Å². The van der Waals surface area contributed by atoms with Crippen LogP contribution >= 0.6 is 0 Å². The van der Waals surface area contributed by atoms with Gasteiger partial charge in [0.25, 0.3) is 0 Å². The minimum absolute atomic E-state index is 0.00961. The molecular weight excluding hydrogens is 345 g/mol. The summed E-state index contributed by atoms with van der Waals surface area (Å²) < 4.78 is 16.0. The zero-order valence-electron chi connectivity index (χ0n) is 13.6. The Kier molecular flexibility index (Phi) is 4.19. The quantitative estimate of drug-likeness (QED) is 0.559. The van der Waals surface area contributed by atoms with Gasteiger partial charge in [-0.1, -0.05) is 0 Å². The number of nitriles is 1. The Hall–Kier alpha value is -4.01. The van der Waals surface area contributed by atoms with Crippen molar-refractivity contribution in [2.45, 2.75) is 0 Å². The minimum atomic E-state index is -0.804. The first-order valence-corrected chi connectivity index (χ1v) is 7.18. The number of halogens is 1. The summed E-state index contributed by atoms with van der Waals surface area (Å²) in [4.78, 5) is 19.9. The van der Waals surface area contributed by atoms with Gasteiger partial charge < -0.3 is 15.7 Å². The first kappa shape index (κ1) is 16.8. The van der Waals surface area contributed by atoms with Crippen molar-refractivity contribution in [2.75, 3.05) is 17.7 Å². The van der Waals surface area contributed by atoms with Crippen LogP contribution in [0.1, 0.15) is 5.56 Å². The molecule has 0 spiro atoms. The van der Waals surface area contributed by atoms with Crippen molar-refractivity contribution >= 4 is 17.5 Å². The highest BCUT2D eigenvalue weighted by Gasteiger charge is 2.16. The summed E-state index contributed by atoms with van der Waals surface area (Å²) in [6, 6.07) is 3.91. The van der Waals surface area contributed by atoms with Gasteiger partial charge in [0.05, 0.1) is 11.9 Å². The maximum Gasteiger partial charge on any atom is 0.368 e. The number of aryl methyl sites for hydroxylation is 1. The van der Waals surface area contributed by atoms with E-state index in [2.05, 4.69) is 31.0 Å². The zero-order chi connectivity index (χ0) is 18.8. The summed E-state index contributed by atoms with van der Waals surface area (Å²) in [5.74, 6) is -1.03. The van der Waals surface area contributed by atoms with E-state index in [0.717, 1.165) is 15.4 Å². The van der Waals surface area contributed by atoms with Gasteiger partial charge in [-0.15, -0.1) is 0 Å². The van der Waals surface area contributed by atoms with E-state index in [9.17, 15) is 14.3 Å². The molecule has 0 unspecified atom stereocenters. The zero-order valence-corrected chi connectivity index (χ0v) is 13.6. The number of phenolic OH excluding ortho intramolecular Hbond substituents is 1. The van der Waals surface area contributed by atoms with Crippen LogP contribution in [0.25, 0.3) is 5.69 Å². The van der Waals surface area contributed by atoms with Crippen molar-refractivity contribution in [1.82, 2.24) is 29.8 Å². The molecule has 0 fully saturated rings. The van der Waals surface area contributed by atoms with Crippen molar-refractivity contribution in [2.24, 2.45) is 7.05 Å². The second kappa shape index (κ2) is 6.48. The van der Waals surface area contributed by atoms with Crippen molar-refractivity contribution in [3.8, 4) is 17.5 Å². The van der Waals surface area contributed by atoms with Crippen molar-refractivity contribution in [3.63, 3.8) is 0 Å². The topological polar surface area (TPSA) is 147 Å². The number of hydrogen-bond acceptors (Lipinski definition) is 9. The van der Waals surface area contributed by atoms with E-state index in [4.69, 9.17) is 5.26 Å². The summed E-state index contributed by atoms with van der Waals surface area (Å²) in [5.41, 5.74) is -0.586. The molecule has 3 aromatic rings. The predicted molar refractivity (Wildman–Crippen MR) is 87.8 cm³/mol. The molecule has 0 saturated heterocycles. The van der Waals surface area contributed by atoms with E-state index in [1.165, 1.54) is 19.3 Å². The maximum absolute atomic E-state index is 14.2. The Morgan fingerprint density at radius 2 is 2.12 bits per heavy atom. The van der Waals surface area contributed by atoms with Crippen LogP contribution in [0, 0.1) is 17.1 Å². The molecule has 26 heavy (non-hydrogen) atoms. The first-order chi connectivity index (χ1) is 12.4. The van der Waals surface area contributed by atoms with Crippen LogP contribution in [-0.2, 0) is 7.05 Å². The molecule has 12 heteroatoms. The number of benzene rings is 1. The largest absolute Gasteiger partial charge is 0.506 e. The van der Waals surface area contributed by atoms with Crippen molar-refractivity contribution in [3.05, 3.63) is 40.2 Å². The van der Waals surface area contributed by atoms with Gasteiger partial charge in [0.2, 0.25) is 5.95 Å². The van der Waals surface area contributed by atoms with E-state index >= 15 is 0 Å². The predicted octanol–water partition coefficient (Wildman–Crippen LogP) is 0.258. The lowest BCUT2D eigenvalue weighted by Gasteiger charge is -2.10. The number of tetrazole rings is 1. The molecule has 2 heterocycles. The smallest absolute Gasteiger partial charge is 0.368 e. The van der Waals surface area contributed by atoms with Gasteiger partial charge in [-0.2, -0.15) is 19.6 Å². The average Bonchev–Trinajstić information content (AvgIpc) is 2.96. The Morgan fingerprint density at radius 3 is 2.73 bits per heavy atom. The third kappa shape index (κ3) is 2.88. The average molecular weight is 357 g/mol. The monoisotopic (exact) mass is 357 g/mol. The molecule has 0 aliphatic carbocycles. The van der Waals surface area contributed by atoms with Crippen LogP contribution in [0.3, 0.4) is 0 Å². The number of aromatic nitrogens is 6. The van der Waals surface area contributed by atoms with Crippen LogP contribution in [-0.4, -0.2) is 41.9 Å². The number of phenols is 1. The first-order valence-electron chi connectivity index (χ1n) is 7.18. The highest BCUT2D eigenvalue weighted by Crippen LogP contribution is 2.28. The molecule has 0 aliphatic heterocycles. The number of anilines is 3. The van der Waals surface area contributed by atoms with Gasteiger partial charge in [0, 0.05) is 20.2 Å². The van der Waals surface area contributed by atoms with Gasteiger partial charge in [0.15, 0.2) is 5.82 Å². The molecular formula is C14H12FN9O2. The van der Waals surface area contributed by atoms with Gasteiger partial charge >= 0.3 is 5.69 Å². The third-order valence-electron chi connectivity index (χ3n) is 3.41. The van der Waals surface area contributed by atoms with Gasteiger partial charge in [-0.05, 0) is 16.5 Å². The van der Waals surface area contributed by atoms with Crippen LogP contribution < -0.4 is 16.3 Å². The number of nitrogens with one attached hydrogen (secondary N) is 2. The molecule has 0 saturated carbocycles. The molecule has 2 aromatic heterocycles. The van der Waals surface area contributed by atoms with E-state index in [-0.39, 0.29) is 28.7 Å². The van der Waals surface area contributed by atoms with Gasteiger partial charge in [0.1, 0.15) is 28.9 Å². The Morgan fingerprint density at radius 1 is 1.35 bits per heavy atom. The Labute approximate surface area is 145 Å². The molecule has 1 aromatic carbocycles. The second-order valence-corrected chi connectivity index (χ2v) is 5.06. The fourth-order valence-corrected chi connectivity index (χ4v) is 2.12. The van der Waals surface area contributed by atoms with E-state index in [1.807, 2.05) is 6.07 Å². The summed E-state index contributed by atoms with van der Waals surface area (Å²) in [6.45, 7) is 0. The standard InChI is InChI=1S/C14H12FN9O2/c1-17-12-7(5-16)6-18-13(20-12)19-9-4-10(11(25)3-8(9)15)24-14(26)23(2)21-22-24/h3-4,6,25H,1-2H3,(H2,17,18,19,20). The fourth-order valence-electron chi connectivity index (χ4n) is 2.12. The van der Waals surface area contributed by atoms with Crippen molar-refractivity contribution in [1.29, 1.82) is 5.26 Å². The van der Waals surface area contributed by atoms with Crippen LogP contribution in [0.15, 0.2) is 23.1 Å². The Balaban J connectivity index is 2.04. The number of rotatable bonds is 4. The molecule has 0 amide bonds. The highest BCUT2D eigenvalue weighted by atomic mass is 19.1. The second-order valence-electron chi connectivity index (χ2n) is 5.06. The molecule has 0 atom stereocenters. The Bertz CT molecular complexity index is 1080. The molecule has 132 valence electrons. The third-order valence-corrected chi connectivity index (χ3v) is 3.41. The van der Waals surface area contributed by atoms with Gasteiger partial charge in [-0.3, -0.25) is 0 Å². The highest BCUT2D eigenvalue weighted by molar-refractivity contribution is 5.64. The van der Waals surface area contributed by atoms with E-state index < -0.39 is 17.3 Å². The summed E-state index contributed by atoms with van der Waals surface area (Å²) in [5, 5.41) is 31.4. The molecule has 0 aliphatic rings. The fraction of sp³-hybridized carbons (Fsp3) is 0.143. The van der Waals surface area contributed by atoms with Crippen LogP contribution in [0.5, 0.6) is 5.75 Å². The molecule has 0 bridgehead atoms. The molecule has 3 rings (SSSR count). The lowest BCUT2D eigenvalue weighted by Crippen LogP contribution is -2.22. The number of hydrogen-bond donors (Lipinski definition) is 3. The summed E-state index contributed by atoms with van der Waals surface area (Å²) in [7, 11) is 2.96. The van der Waals surface area contributed by atoms with E-state index in [1.54, 1.807) is 7.05 Å². The number of nitrogens with zero attached hydrogens (tertiary/aromatic N) is 7. The maximum atomic E-state index is 14.2.